The van der Waals surface area contributed by atoms with E-state index in [9.17, 15) is 15.0 Å². The number of ether oxygens (including phenoxy) is 1. The molecule has 0 aliphatic carbocycles. The van der Waals surface area contributed by atoms with E-state index in [0.717, 1.165) is 17.9 Å². The van der Waals surface area contributed by atoms with Crippen LogP contribution in [0.2, 0.25) is 0 Å². The quantitative estimate of drug-likeness (QED) is 0.775. The molecule has 7 nitrogen and oxygen atoms in total. The number of amides is 1. The van der Waals surface area contributed by atoms with Crippen molar-refractivity contribution in [1.82, 2.24) is 14.8 Å². The Kier molecular flexibility index (Phi) is 6.71. The highest BCUT2D eigenvalue weighted by molar-refractivity contribution is 5.94. The molecule has 1 fully saturated rings. The van der Waals surface area contributed by atoms with Crippen LogP contribution >= 0.6 is 0 Å². The number of aromatic nitrogens is 1. The fourth-order valence-corrected chi connectivity index (χ4v) is 3.85. The molecule has 1 aliphatic heterocycles. The molecule has 2 N–H and O–H groups in total. The SMILES string of the molecule is COc1ccc(CN(C)C[C@]2(O)CCCN(C(=O)c3ncccc3O)CC2)cc1. The first-order chi connectivity index (χ1) is 13.9. The minimum absolute atomic E-state index is 0.0644. The van der Waals surface area contributed by atoms with Gasteiger partial charge >= 0.3 is 0 Å². The number of pyridine rings is 1. The molecule has 0 saturated carbocycles. The molecule has 156 valence electrons. The summed E-state index contributed by atoms with van der Waals surface area (Å²) in [6.45, 7) is 2.22. The van der Waals surface area contributed by atoms with Crippen LogP contribution in [0.3, 0.4) is 0 Å². The lowest BCUT2D eigenvalue weighted by atomic mass is 9.94. The third-order valence-corrected chi connectivity index (χ3v) is 5.37. The lowest BCUT2D eigenvalue weighted by Crippen LogP contribution is -2.42. The van der Waals surface area contributed by atoms with Gasteiger partial charge in [-0.05, 0) is 56.1 Å². The van der Waals surface area contributed by atoms with Crippen molar-refractivity contribution in [3.63, 3.8) is 0 Å². The number of hydrogen-bond donors (Lipinski definition) is 2. The summed E-state index contributed by atoms with van der Waals surface area (Å²) < 4.78 is 5.19. The van der Waals surface area contributed by atoms with Crippen LogP contribution in [0.5, 0.6) is 11.5 Å². The molecular formula is C22H29N3O4. The van der Waals surface area contributed by atoms with Crippen LogP contribution < -0.4 is 4.74 Å². The van der Waals surface area contributed by atoms with Crippen molar-refractivity contribution >= 4 is 5.91 Å². The molecule has 1 atom stereocenters. The van der Waals surface area contributed by atoms with Gasteiger partial charge in [0.2, 0.25) is 0 Å². The van der Waals surface area contributed by atoms with Gasteiger partial charge in [0.25, 0.3) is 5.91 Å². The number of carbonyl (C=O) groups is 1. The van der Waals surface area contributed by atoms with Crippen molar-refractivity contribution in [3.05, 3.63) is 53.9 Å². The lowest BCUT2D eigenvalue weighted by Gasteiger charge is -2.31. The van der Waals surface area contributed by atoms with Crippen LogP contribution in [0.4, 0.5) is 0 Å². The topological polar surface area (TPSA) is 86.1 Å². The first-order valence-electron chi connectivity index (χ1n) is 9.87. The van der Waals surface area contributed by atoms with E-state index in [1.165, 1.54) is 12.3 Å². The maximum absolute atomic E-state index is 12.7. The highest BCUT2D eigenvalue weighted by atomic mass is 16.5. The second-order valence-electron chi connectivity index (χ2n) is 7.76. The van der Waals surface area contributed by atoms with Gasteiger partial charge in [0.15, 0.2) is 5.69 Å². The number of hydrogen-bond acceptors (Lipinski definition) is 6. The zero-order valence-corrected chi connectivity index (χ0v) is 17.0. The lowest BCUT2D eigenvalue weighted by molar-refractivity contribution is -0.00402. The van der Waals surface area contributed by atoms with Crippen LogP contribution in [0.15, 0.2) is 42.6 Å². The Bertz CT molecular complexity index is 827. The van der Waals surface area contributed by atoms with Crippen LogP contribution in [-0.2, 0) is 6.54 Å². The standard InChI is InChI=1S/C22H29N3O4/c1-24(15-17-6-8-18(29-2)9-7-17)16-22(28)10-4-13-25(14-11-22)21(27)20-19(26)5-3-12-23-20/h3,5-9,12,26,28H,4,10-11,13-16H2,1-2H3/t22-/m0/s1. The zero-order valence-electron chi connectivity index (χ0n) is 17.0. The van der Waals surface area contributed by atoms with E-state index >= 15 is 0 Å². The maximum atomic E-state index is 12.7. The summed E-state index contributed by atoms with van der Waals surface area (Å²) in [5.41, 5.74) is 0.352. The van der Waals surface area contributed by atoms with E-state index in [-0.39, 0.29) is 17.4 Å². The Labute approximate surface area is 171 Å². The fraction of sp³-hybridized carbons (Fsp3) is 0.455. The molecule has 0 unspecified atom stereocenters. The molecule has 1 aliphatic rings. The Hall–Kier alpha value is -2.64. The van der Waals surface area contributed by atoms with Gasteiger partial charge in [0, 0.05) is 32.4 Å². The van der Waals surface area contributed by atoms with E-state index in [1.54, 1.807) is 18.1 Å². The van der Waals surface area contributed by atoms with Gasteiger partial charge in [0.1, 0.15) is 11.5 Å². The van der Waals surface area contributed by atoms with Gasteiger partial charge in [-0.2, -0.15) is 0 Å². The summed E-state index contributed by atoms with van der Waals surface area (Å²) in [5, 5.41) is 21.0. The number of aliphatic hydroxyl groups is 1. The Morgan fingerprint density at radius 3 is 2.69 bits per heavy atom. The molecule has 2 aromatic rings. The maximum Gasteiger partial charge on any atom is 0.276 e. The second kappa shape index (κ2) is 9.24. The van der Waals surface area contributed by atoms with Gasteiger partial charge in [-0.3, -0.25) is 9.69 Å². The molecule has 1 amide bonds. The molecule has 1 aromatic heterocycles. The molecule has 1 saturated heterocycles. The predicted molar refractivity (Wildman–Crippen MR) is 110 cm³/mol. The minimum Gasteiger partial charge on any atom is -0.505 e. The van der Waals surface area contributed by atoms with E-state index in [4.69, 9.17) is 4.74 Å². The van der Waals surface area contributed by atoms with Gasteiger partial charge in [-0.1, -0.05) is 12.1 Å². The van der Waals surface area contributed by atoms with Crippen molar-refractivity contribution < 1.29 is 19.7 Å². The highest BCUT2D eigenvalue weighted by Gasteiger charge is 2.33. The van der Waals surface area contributed by atoms with Gasteiger partial charge in [-0.15, -0.1) is 0 Å². The van der Waals surface area contributed by atoms with E-state index < -0.39 is 5.60 Å². The molecule has 3 rings (SSSR count). The van der Waals surface area contributed by atoms with Crippen molar-refractivity contribution in [1.29, 1.82) is 0 Å². The van der Waals surface area contributed by atoms with E-state index in [1.807, 2.05) is 31.3 Å². The Morgan fingerprint density at radius 2 is 2.00 bits per heavy atom. The summed E-state index contributed by atoms with van der Waals surface area (Å²) >= 11 is 0. The number of nitrogens with zero attached hydrogens (tertiary/aromatic N) is 3. The smallest absolute Gasteiger partial charge is 0.276 e. The zero-order chi connectivity index (χ0) is 20.9. The van der Waals surface area contributed by atoms with Gasteiger partial charge in [0.05, 0.1) is 12.7 Å². The van der Waals surface area contributed by atoms with Gasteiger partial charge in [-0.25, -0.2) is 4.98 Å². The number of aromatic hydroxyl groups is 1. The summed E-state index contributed by atoms with van der Waals surface area (Å²) in [5.74, 6) is 0.415. The number of methoxy groups -OCH3 is 1. The first-order valence-corrected chi connectivity index (χ1v) is 9.87. The fourth-order valence-electron chi connectivity index (χ4n) is 3.85. The normalized spacial score (nSPS) is 19.8. The van der Waals surface area contributed by atoms with Crippen LogP contribution in [0.1, 0.15) is 35.3 Å². The molecule has 2 heterocycles. The summed E-state index contributed by atoms with van der Waals surface area (Å²) in [4.78, 5) is 20.5. The average molecular weight is 399 g/mol. The predicted octanol–water partition coefficient (Wildman–Crippen LogP) is 2.29. The summed E-state index contributed by atoms with van der Waals surface area (Å²) in [7, 11) is 3.63. The number of carbonyl (C=O) groups excluding carboxylic acids is 1. The third kappa shape index (κ3) is 5.46. The van der Waals surface area contributed by atoms with Crippen LogP contribution in [0.25, 0.3) is 0 Å². The molecule has 0 bridgehead atoms. The molecule has 29 heavy (non-hydrogen) atoms. The van der Waals surface area contributed by atoms with E-state index in [0.29, 0.717) is 38.9 Å². The average Bonchev–Trinajstić information content (AvgIpc) is 2.90. The molecule has 7 heteroatoms. The van der Waals surface area contributed by atoms with Crippen molar-refractivity contribution in [2.75, 3.05) is 33.8 Å². The van der Waals surface area contributed by atoms with Crippen molar-refractivity contribution in [2.45, 2.75) is 31.4 Å². The van der Waals surface area contributed by atoms with Gasteiger partial charge < -0.3 is 19.8 Å². The van der Waals surface area contributed by atoms with Crippen LogP contribution in [0, 0.1) is 0 Å². The number of benzene rings is 1. The van der Waals surface area contributed by atoms with Crippen LogP contribution in [-0.4, -0.2) is 70.3 Å². The minimum atomic E-state index is -0.859. The molecule has 0 spiro atoms. The van der Waals surface area contributed by atoms with E-state index in [2.05, 4.69) is 9.88 Å². The summed E-state index contributed by atoms with van der Waals surface area (Å²) in [6.07, 6.45) is 3.30. The second-order valence-corrected chi connectivity index (χ2v) is 7.76. The molecule has 1 aromatic carbocycles. The number of rotatable bonds is 6. The van der Waals surface area contributed by atoms with Crippen molar-refractivity contribution in [2.24, 2.45) is 0 Å². The Balaban J connectivity index is 1.58. The number of likely N-dealkylation sites (tertiary alicyclic amines) is 1. The van der Waals surface area contributed by atoms with Crippen molar-refractivity contribution in [3.8, 4) is 11.5 Å². The highest BCUT2D eigenvalue weighted by Crippen LogP contribution is 2.26. The molecular weight excluding hydrogens is 370 g/mol. The monoisotopic (exact) mass is 399 g/mol. The largest absolute Gasteiger partial charge is 0.505 e. The number of likely N-dealkylation sites (N-methyl/N-ethyl adjacent to an activating group) is 1. The molecule has 0 radical (unpaired) electrons. The Morgan fingerprint density at radius 1 is 1.24 bits per heavy atom. The third-order valence-electron chi connectivity index (χ3n) is 5.37. The first kappa shape index (κ1) is 21.1. The summed E-state index contributed by atoms with van der Waals surface area (Å²) in [6, 6.07) is 11.0.